The smallest absolute Gasteiger partial charge is 0.335 e. The quantitative estimate of drug-likeness (QED) is 0.754. The van der Waals surface area contributed by atoms with Crippen LogP contribution in [-0.2, 0) is 11.2 Å². The average Bonchev–Trinajstić information content (AvgIpc) is 2.40. The van der Waals surface area contributed by atoms with Crippen LogP contribution in [0.1, 0.15) is 15.9 Å². The van der Waals surface area contributed by atoms with Crippen LogP contribution in [0.5, 0.6) is 5.75 Å². The van der Waals surface area contributed by atoms with E-state index in [1.165, 1.54) is 30.3 Å². The van der Waals surface area contributed by atoms with Gasteiger partial charge in [0.15, 0.2) is 0 Å². The SMILES string of the molecule is O=C(Cc1cccc(F)c1)Nc1ccc(C(=O)O)cc1O. The Morgan fingerprint density at radius 3 is 2.52 bits per heavy atom. The topological polar surface area (TPSA) is 86.6 Å². The molecule has 0 saturated heterocycles. The van der Waals surface area contributed by atoms with Gasteiger partial charge in [0.05, 0.1) is 17.7 Å². The standard InChI is InChI=1S/C15H12FNO4/c16-11-3-1-2-9(6-11)7-14(19)17-12-5-4-10(15(20)21)8-13(12)18/h1-6,8,18H,7H2,(H,17,19)(H,20,21). The lowest BCUT2D eigenvalue weighted by Gasteiger charge is -2.08. The number of aromatic carboxylic acids is 1. The fourth-order valence-electron chi connectivity index (χ4n) is 1.80. The summed E-state index contributed by atoms with van der Waals surface area (Å²) < 4.78 is 13.0. The maximum Gasteiger partial charge on any atom is 0.335 e. The largest absolute Gasteiger partial charge is 0.506 e. The number of phenols is 1. The Hall–Kier alpha value is -2.89. The van der Waals surface area contributed by atoms with Gasteiger partial charge in [-0.05, 0) is 35.9 Å². The molecule has 0 bridgehead atoms. The van der Waals surface area contributed by atoms with Crippen molar-refractivity contribution in [3.63, 3.8) is 0 Å². The van der Waals surface area contributed by atoms with Crippen molar-refractivity contribution in [3.05, 3.63) is 59.4 Å². The number of halogens is 1. The van der Waals surface area contributed by atoms with Gasteiger partial charge in [0.2, 0.25) is 5.91 Å². The highest BCUT2D eigenvalue weighted by Crippen LogP contribution is 2.24. The number of aromatic hydroxyl groups is 1. The van der Waals surface area contributed by atoms with E-state index in [9.17, 15) is 19.1 Å². The van der Waals surface area contributed by atoms with Crippen LogP contribution in [0.15, 0.2) is 42.5 Å². The second kappa shape index (κ2) is 6.04. The summed E-state index contributed by atoms with van der Waals surface area (Å²) in [6, 6.07) is 9.22. The van der Waals surface area contributed by atoms with E-state index >= 15 is 0 Å². The minimum atomic E-state index is -1.18. The molecular formula is C15H12FNO4. The summed E-state index contributed by atoms with van der Waals surface area (Å²) in [5.74, 6) is -2.40. The van der Waals surface area contributed by atoms with Crippen LogP contribution in [0, 0.1) is 5.82 Å². The van der Waals surface area contributed by atoms with Gasteiger partial charge in [-0.3, -0.25) is 4.79 Å². The van der Waals surface area contributed by atoms with E-state index in [0.29, 0.717) is 5.56 Å². The molecule has 21 heavy (non-hydrogen) atoms. The average molecular weight is 289 g/mol. The maximum atomic E-state index is 13.0. The first-order valence-corrected chi connectivity index (χ1v) is 6.06. The molecule has 2 aromatic rings. The molecule has 6 heteroatoms. The third-order valence-corrected chi connectivity index (χ3v) is 2.77. The maximum absolute atomic E-state index is 13.0. The second-order valence-electron chi connectivity index (χ2n) is 4.39. The van der Waals surface area contributed by atoms with Gasteiger partial charge in [0.1, 0.15) is 11.6 Å². The van der Waals surface area contributed by atoms with Gasteiger partial charge < -0.3 is 15.5 Å². The summed E-state index contributed by atoms with van der Waals surface area (Å²) in [7, 11) is 0. The van der Waals surface area contributed by atoms with Crippen LogP contribution in [-0.4, -0.2) is 22.1 Å². The van der Waals surface area contributed by atoms with E-state index in [-0.39, 0.29) is 23.4 Å². The fourth-order valence-corrected chi connectivity index (χ4v) is 1.80. The van der Waals surface area contributed by atoms with Crippen LogP contribution >= 0.6 is 0 Å². The van der Waals surface area contributed by atoms with Crippen molar-refractivity contribution in [2.24, 2.45) is 0 Å². The third kappa shape index (κ3) is 3.79. The van der Waals surface area contributed by atoms with Crippen LogP contribution in [0.25, 0.3) is 0 Å². The Kier molecular flexibility index (Phi) is 4.18. The van der Waals surface area contributed by atoms with Gasteiger partial charge in [-0.1, -0.05) is 12.1 Å². The molecule has 0 fully saturated rings. The Morgan fingerprint density at radius 2 is 1.90 bits per heavy atom. The highest BCUT2D eigenvalue weighted by atomic mass is 19.1. The normalized spacial score (nSPS) is 10.1. The summed E-state index contributed by atoms with van der Waals surface area (Å²) in [6.45, 7) is 0. The van der Waals surface area contributed by atoms with E-state index in [4.69, 9.17) is 5.11 Å². The van der Waals surface area contributed by atoms with E-state index in [0.717, 1.165) is 6.07 Å². The van der Waals surface area contributed by atoms with Gasteiger partial charge in [-0.25, -0.2) is 9.18 Å². The molecule has 108 valence electrons. The number of nitrogens with one attached hydrogen (secondary N) is 1. The third-order valence-electron chi connectivity index (χ3n) is 2.77. The Bertz CT molecular complexity index is 700. The number of hydrogen-bond donors (Lipinski definition) is 3. The van der Waals surface area contributed by atoms with Crippen LogP contribution in [0.2, 0.25) is 0 Å². The minimum absolute atomic E-state index is 0.0577. The number of anilines is 1. The van der Waals surface area contributed by atoms with Gasteiger partial charge in [0, 0.05) is 0 Å². The molecule has 2 rings (SSSR count). The summed E-state index contributed by atoms with van der Waals surface area (Å²) in [5, 5.41) is 20.9. The monoisotopic (exact) mass is 289 g/mol. The molecule has 5 nitrogen and oxygen atoms in total. The number of carbonyl (C=O) groups excluding carboxylic acids is 1. The van der Waals surface area contributed by atoms with E-state index in [2.05, 4.69) is 5.32 Å². The first kappa shape index (κ1) is 14.5. The molecule has 3 N–H and O–H groups in total. The zero-order chi connectivity index (χ0) is 15.4. The molecule has 0 atom stereocenters. The zero-order valence-electron chi connectivity index (χ0n) is 10.8. The molecule has 0 radical (unpaired) electrons. The van der Waals surface area contributed by atoms with Crippen molar-refractivity contribution in [3.8, 4) is 5.75 Å². The van der Waals surface area contributed by atoms with E-state index < -0.39 is 17.7 Å². The summed E-state index contributed by atoms with van der Waals surface area (Å²) in [4.78, 5) is 22.5. The highest BCUT2D eigenvalue weighted by molar-refractivity contribution is 5.95. The zero-order valence-corrected chi connectivity index (χ0v) is 10.8. The van der Waals surface area contributed by atoms with E-state index in [1.54, 1.807) is 6.07 Å². The number of amides is 1. The van der Waals surface area contributed by atoms with Gasteiger partial charge >= 0.3 is 5.97 Å². The van der Waals surface area contributed by atoms with Crippen LogP contribution in [0.4, 0.5) is 10.1 Å². The summed E-state index contributed by atoms with van der Waals surface area (Å²) in [6.07, 6.45) is -0.0577. The highest BCUT2D eigenvalue weighted by Gasteiger charge is 2.11. The Morgan fingerprint density at radius 1 is 1.14 bits per heavy atom. The number of phenolic OH excluding ortho intramolecular Hbond substituents is 1. The van der Waals surface area contributed by atoms with E-state index in [1.807, 2.05) is 0 Å². The molecule has 0 saturated carbocycles. The van der Waals surface area contributed by atoms with Crippen molar-refractivity contribution in [2.45, 2.75) is 6.42 Å². The lowest BCUT2D eigenvalue weighted by atomic mass is 10.1. The number of carboxylic acids is 1. The van der Waals surface area contributed by atoms with Crippen molar-refractivity contribution < 1.29 is 24.2 Å². The number of carboxylic acid groups (broad SMARTS) is 1. The van der Waals surface area contributed by atoms with Crippen molar-refractivity contribution >= 4 is 17.6 Å². The lowest BCUT2D eigenvalue weighted by molar-refractivity contribution is -0.115. The number of carbonyl (C=O) groups is 2. The van der Waals surface area contributed by atoms with Crippen molar-refractivity contribution in [1.29, 1.82) is 0 Å². The number of benzene rings is 2. The predicted molar refractivity (Wildman–Crippen MR) is 73.8 cm³/mol. The molecule has 2 aromatic carbocycles. The predicted octanol–water partition coefficient (Wildman–Crippen LogP) is 2.41. The molecule has 0 aliphatic heterocycles. The Balaban J connectivity index is 2.08. The molecule has 0 heterocycles. The molecule has 0 aliphatic rings. The molecular weight excluding hydrogens is 277 g/mol. The lowest BCUT2D eigenvalue weighted by Crippen LogP contribution is -2.14. The fraction of sp³-hybridized carbons (Fsp3) is 0.0667. The van der Waals surface area contributed by atoms with Crippen molar-refractivity contribution in [2.75, 3.05) is 5.32 Å². The summed E-state index contributed by atoms with van der Waals surface area (Å²) >= 11 is 0. The molecule has 1 amide bonds. The van der Waals surface area contributed by atoms with Gasteiger partial charge in [-0.15, -0.1) is 0 Å². The summed E-state index contributed by atoms with van der Waals surface area (Å²) in [5.41, 5.74) is 0.506. The first-order chi connectivity index (χ1) is 9.95. The molecule has 0 spiro atoms. The van der Waals surface area contributed by atoms with Crippen LogP contribution in [0.3, 0.4) is 0 Å². The molecule has 0 aromatic heterocycles. The van der Waals surface area contributed by atoms with Gasteiger partial charge in [0.25, 0.3) is 0 Å². The van der Waals surface area contributed by atoms with Gasteiger partial charge in [-0.2, -0.15) is 0 Å². The van der Waals surface area contributed by atoms with Crippen LogP contribution < -0.4 is 5.32 Å². The number of hydrogen-bond acceptors (Lipinski definition) is 3. The molecule has 0 aliphatic carbocycles. The molecule has 0 unspecified atom stereocenters. The second-order valence-corrected chi connectivity index (χ2v) is 4.39. The first-order valence-electron chi connectivity index (χ1n) is 6.06. The number of rotatable bonds is 4. The van der Waals surface area contributed by atoms with Crippen molar-refractivity contribution in [1.82, 2.24) is 0 Å². The Labute approximate surface area is 119 Å². The minimum Gasteiger partial charge on any atom is -0.506 e.